The van der Waals surface area contributed by atoms with E-state index in [9.17, 15) is 13.0 Å². The predicted octanol–water partition coefficient (Wildman–Crippen LogP) is 0.611. The second kappa shape index (κ2) is 19.2. The standard InChI is InChI=1S/C12H26O4S.CH2O3.Na/c1-2-3-4-5-6-7-8-9-10-11-12-16-17(13,14)15;2-1(3)4;/h2-12H2,1H3,(H,13,14,15);(H2,2,3,4);/q;;+1/p-1. The molecule has 0 aliphatic heterocycles. The second-order valence-corrected chi connectivity index (χ2v) is 5.75. The molecule has 0 fully saturated rings. The number of rotatable bonds is 12. The Hall–Kier alpha value is 0.140. The van der Waals surface area contributed by atoms with Crippen molar-refractivity contribution < 1.29 is 61.7 Å². The van der Waals surface area contributed by atoms with Gasteiger partial charge in [-0.3, -0.25) is 4.18 Å². The maximum absolute atomic E-state index is 10.1. The quantitative estimate of drug-likeness (QED) is 0.229. The first-order valence-corrected chi connectivity index (χ1v) is 8.65. The molecular formula is C13H27NaO7S. The fourth-order valence-corrected chi connectivity index (χ4v) is 2.07. The Bertz CT molecular complexity index is 329. The molecule has 0 unspecified atom stereocenters. The third kappa shape index (κ3) is 36.9. The van der Waals surface area contributed by atoms with Crippen molar-refractivity contribution in [3.8, 4) is 0 Å². The molecule has 0 aromatic rings. The number of hydrogen-bond donors (Lipinski definition) is 2. The summed E-state index contributed by atoms with van der Waals surface area (Å²) in [5.74, 6) is 0. The van der Waals surface area contributed by atoms with Gasteiger partial charge in [-0.05, 0) is 6.42 Å². The van der Waals surface area contributed by atoms with E-state index in [-0.39, 0.29) is 36.2 Å². The van der Waals surface area contributed by atoms with Crippen molar-refractivity contribution in [2.45, 2.75) is 71.1 Å². The molecule has 7 nitrogen and oxygen atoms in total. The third-order valence-corrected chi connectivity index (χ3v) is 3.18. The average molecular weight is 350 g/mol. The molecule has 0 radical (unpaired) electrons. The fourth-order valence-electron chi connectivity index (χ4n) is 1.75. The van der Waals surface area contributed by atoms with Gasteiger partial charge in [0.25, 0.3) is 0 Å². The van der Waals surface area contributed by atoms with Crippen LogP contribution in [0, 0.1) is 0 Å². The number of carboxylic acid groups (broad SMARTS) is 2. The van der Waals surface area contributed by atoms with Gasteiger partial charge in [0, 0.05) is 0 Å². The fraction of sp³-hybridized carbons (Fsp3) is 0.923. The molecule has 0 spiro atoms. The summed E-state index contributed by atoms with van der Waals surface area (Å²) >= 11 is 0. The van der Waals surface area contributed by atoms with Crippen LogP contribution in [0.15, 0.2) is 0 Å². The summed E-state index contributed by atoms with van der Waals surface area (Å²) in [6.45, 7) is 2.24. The topological polar surface area (TPSA) is 124 Å². The van der Waals surface area contributed by atoms with Crippen molar-refractivity contribution in [2.24, 2.45) is 0 Å². The normalized spacial score (nSPS) is 10.3. The van der Waals surface area contributed by atoms with Crippen LogP contribution in [0.25, 0.3) is 0 Å². The van der Waals surface area contributed by atoms with E-state index in [1.807, 2.05) is 0 Å². The summed E-state index contributed by atoms with van der Waals surface area (Å²) in [6, 6.07) is 0. The van der Waals surface area contributed by atoms with Crippen LogP contribution in [0.5, 0.6) is 0 Å². The van der Waals surface area contributed by atoms with Gasteiger partial charge in [-0.1, -0.05) is 64.7 Å². The van der Waals surface area contributed by atoms with Crippen LogP contribution < -0.4 is 29.6 Å². The maximum Gasteiger partial charge on any atom is 1.00 e. The molecule has 9 heteroatoms. The minimum Gasteiger partial charge on any atom is -0.726 e. The van der Waals surface area contributed by atoms with Crippen LogP contribution in [-0.2, 0) is 14.6 Å². The van der Waals surface area contributed by atoms with Crippen molar-refractivity contribution in [1.29, 1.82) is 0 Å². The molecule has 0 aromatic heterocycles. The number of carbonyl (C=O) groups is 1. The zero-order valence-corrected chi connectivity index (χ0v) is 16.4. The molecule has 0 saturated carbocycles. The van der Waals surface area contributed by atoms with Gasteiger partial charge in [0.15, 0.2) is 0 Å². The van der Waals surface area contributed by atoms with Gasteiger partial charge in [0.1, 0.15) is 0 Å². The van der Waals surface area contributed by atoms with E-state index in [1.54, 1.807) is 0 Å². The Morgan fingerprint density at radius 3 is 1.55 bits per heavy atom. The van der Waals surface area contributed by atoms with Crippen LogP contribution in [0.4, 0.5) is 4.79 Å². The molecule has 0 aliphatic carbocycles. The van der Waals surface area contributed by atoms with Crippen molar-refractivity contribution in [1.82, 2.24) is 0 Å². The Labute approximate surface area is 155 Å². The SMILES string of the molecule is CCCCCCCCCCCCOS(=O)(=O)[O-].O=C(O)O.[Na+]. The maximum atomic E-state index is 10.1. The van der Waals surface area contributed by atoms with Gasteiger partial charge in [-0.15, -0.1) is 0 Å². The molecule has 0 saturated heterocycles. The van der Waals surface area contributed by atoms with E-state index in [0.29, 0.717) is 6.42 Å². The van der Waals surface area contributed by atoms with Crippen molar-refractivity contribution >= 4 is 16.6 Å². The van der Waals surface area contributed by atoms with E-state index in [0.717, 1.165) is 12.8 Å². The first-order chi connectivity index (χ1) is 9.79. The Kier molecular flexibility index (Phi) is 23.6. The van der Waals surface area contributed by atoms with E-state index < -0.39 is 16.6 Å². The van der Waals surface area contributed by atoms with E-state index in [2.05, 4.69) is 11.1 Å². The molecule has 0 rings (SSSR count). The van der Waals surface area contributed by atoms with Crippen LogP contribution >= 0.6 is 0 Å². The van der Waals surface area contributed by atoms with Gasteiger partial charge < -0.3 is 14.8 Å². The molecule has 128 valence electrons. The van der Waals surface area contributed by atoms with Crippen molar-refractivity contribution in [2.75, 3.05) is 6.61 Å². The van der Waals surface area contributed by atoms with E-state index >= 15 is 0 Å². The van der Waals surface area contributed by atoms with E-state index in [1.165, 1.54) is 44.9 Å². The summed E-state index contributed by atoms with van der Waals surface area (Å²) in [6.07, 6.45) is 9.87. The first-order valence-electron chi connectivity index (χ1n) is 7.31. The van der Waals surface area contributed by atoms with Crippen LogP contribution in [0.1, 0.15) is 71.1 Å². The Balaban J connectivity index is -0.000000640. The van der Waals surface area contributed by atoms with Crippen molar-refractivity contribution in [3.63, 3.8) is 0 Å². The average Bonchev–Trinajstić information content (AvgIpc) is 2.34. The molecule has 22 heavy (non-hydrogen) atoms. The summed E-state index contributed by atoms with van der Waals surface area (Å²) in [5.41, 5.74) is 0. The Morgan fingerprint density at radius 2 is 1.23 bits per heavy atom. The van der Waals surface area contributed by atoms with E-state index in [4.69, 9.17) is 15.0 Å². The molecular weight excluding hydrogens is 323 g/mol. The minimum absolute atomic E-state index is 0. The zero-order valence-electron chi connectivity index (χ0n) is 13.6. The third-order valence-electron chi connectivity index (χ3n) is 2.73. The second-order valence-electron chi connectivity index (χ2n) is 4.69. The largest absolute Gasteiger partial charge is 1.00 e. The molecule has 0 aliphatic rings. The zero-order chi connectivity index (χ0) is 16.6. The monoisotopic (exact) mass is 350 g/mol. The predicted molar refractivity (Wildman–Crippen MR) is 78.1 cm³/mol. The van der Waals surface area contributed by atoms with Gasteiger partial charge in [0.2, 0.25) is 10.4 Å². The minimum atomic E-state index is -4.48. The molecule has 0 bridgehead atoms. The molecule has 0 aromatic carbocycles. The van der Waals surface area contributed by atoms with Gasteiger partial charge in [0.05, 0.1) is 6.61 Å². The van der Waals surface area contributed by atoms with Crippen LogP contribution in [0.2, 0.25) is 0 Å². The molecule has 0 heterocycles. The smallest absolute Gasteiger partial charge is 0.726 e. The number of unbranched alkanes of at least 4 members (excludes halogenated alkanes) is 9. The van der Waals surface area contributed by atoms with Crippen LogP contribution in [-0.4, -0.2) is 35.9 Å². The summed E-state index contributed by atoms with van der Waals surface area (Å²) < 4.78 is 34.5. The Morgan fingerprint density at radius 1 is 0.909 bits per heavy atom. The van der Waals surface area contributed by atoms with Crippen molar-refractivity contribution in [3.05, 3.63) is 0 Å². The summed E-state index contributed by atoms with van der Waals surface area (Å²) in [5, 5.41) is 13.9. The molecule has 0 atom stereocenters. The summed E-state index contributed by atoms with van der Waals surface area (Å²) in [4.78, 5) is 8.56. The van der Waals surface area contributed by atoms with Gasteiger partial charge in [-0.2, -0.15) is 0 Å². The molecule has 0 amide bonds. The van der Waals surface area contributed by atoms with Gasteiger partial charge >= 0.3 is 35.7 Å². The molecule has 2 N–H and O–H groups in total. The number of hydrogen-bond acceptors (Lipinski definition) is 5. The first kappa shape index (κ1) is 27.0. The summed E-state index contributed by atoms with van der Waals surface area (Å²) in [7, 11) is -4.48. The van der Waals surface area contributed by atoms with Crippen LogP contribution in [0.3, 0.4) is 0 Å². The van der Waals surface area contributed by atoms with Gasteiger partial charge in [-0.25, -0.2) is 13.2 Å².